The van der Waals surface area contributed by atoms with Crippen LogP contribution in [0, 0.1) is 11.7 Å². The van der Waals surface area contributed by atoms with E-state index in [2.05, 4.69) is 19.2 Å². The fraction of sp³-hybridized carbons (Fsp3) is 0.600. The third-order valence-corrected chi connectivity index (χ3v) is 3.84. The number of benzene rings is 1. The van der Waals surface area contributed by atoms with Gasteiger partial charge in [-0.05, 0) is 43.7 Å². The molecule has 2 rings (SSSR count). The molecule has 1 aromatic rings. The van der Waals surface area contributed by atoms with Gasteiger partial charge in [0.2, 0.25) is 0 Å². The summed E-state index contributed by atoms with van der Waals surface area (Å²) in [4.78, 5) is 0. The number of nitrogens with one attached hydrogen (secondary N) is 1. The van der Waals surface area contributed by atoms with Crippen molar-refractivity contribution in [2.75, 3.05) is 0 Å². The van der Waals surface area contributed by atoms with Crippen LogP contribution >= 0.6 is 0 Å². The fourth-order valence-corrected chi connectivity index (χ4v) is 2.81. The first kappa shape index (κ1) is 12.6. The molecule has 0 amide bonds. The molecule has 0 heterocycles. The molecule has 0 radical (unpaired) electrons. The second kappa shape index (κ2) is 5.63. The normalized spacial score (nSPS) is 26.1. The summed E-state index contributed by atoms with van der Waals surface area (Å²) in [5, 5.41) is 3.64. The lowest BCUT2D eigenvalue weighted by Gasteiger charge is -2.23. The van der Waals surface area contributed by atoms with Crippen LogP contribution in [-0.4, -0.2) is 12.1 Å². The smallest absolute Gasteiger partial charge is 0.126 e. The molecular formula is C15H22FN. The Morgan fingerprint density at radius 2 is 2.12 bits per heavy atom. The van der Waals surface area contributed by atoms with Crippen LogP contribution in [0.5, 0.6) is 0 Å². The maximum Gasteiger partial charge on any atom is 0.126 e. The van der Waals surface area contributed by atoms with Crippen molar-refractivity contribution in [3.63, 3.8) is 0 Å². The van der Waals surface area contributed by atoms with E-state index >= 15 is 0 Å². The van der Waals surface area contributed by atoms with E-state index in [4.69, 9.17) is 0 Å². The van der Waals surface area contributed by atoms with Crippen LogP contribution in [0.2, 0.25) is 0 Å². The highest BCUT2D eigenvalue weighted by molar-refractivity contribution is 5.18. The van der Waals surface area contributed by atoms with Gasteiger partial charge in [-0.25, -0.2) is 4.39 Å². The van der Waals surface area contributed by atoms with Gasteiger partial charge in [0, 0.05) is 12.1 Å². The largest absolute Gasteiger partial charge is 0.311 e. The maximum atomic E-state index is 13.5. The zero-order valence-electron chi connectivity index (χ0n) is 10.7. The molecule has 1 nitrogen and oxygen atoms in total. The Bertz CT molecular complexity index is 364. The van der Waals surface area contributed by atoms with Gasteiger partial charge in [0.25, 0.3) is 0 Å². The molecule has 0 aliphatic heterocycles. The van der Waals surface area contributed by atoms with Crippen molar-refractivity contribution < 1.29 is 4.39 Å². The summed E-state index contributed by atoms with van der Waals surface area (Å²) >= 11 is 0. The van der Waals surface area contributed by atoms with E-state index < -0.39 is 0 Å². The van der Waals surface area contributed by atoms with Crippen LogP contribution in [-0.2, 0) is 6.42 Å². The van der Waals surface area contributed by atoms with Crippen molar-refractivity contribution in [2.45, 2.75) is 51.6 Å². The Morgan fingerprint density at radius 1 is 1.35 bits per heavy atom. The zero-order chi connectivity index (χ0) is 12.3. The van der Waals surface area contributed by atoms with Crippen LogP contribution in [0.4, 0.5) is 4.39 Å². The molecule has 1 fully saturated rings. The molecule has 0 bridgehead atoms. The Labute approximate surface area is 103 Å². The average Bonchev–Trinajstić information content (AvgIpc) is 2.68. The zero-order valence-corrected chi connectivity index (χ0v) is 10.7. The second-order valence-electron chi connectivity index (χ2n) is 5.38. The van der Waals surface area contributed by atoms with Crippen molar-refractivity contribution in [1.82, 2.24) is 5.32 Å². The monoisotopic (exact) mass is 235 g/mol. The number of hydrogen-bond acceptors (Lipinski definition) is 1. The molecular weight excluding hydrogens is 213 g/mol. The van der Waals surface area contributed by atoms with Gasteiger partial charge in [0.15, 0.2) is 0 Å². The highest BCUT2D eigenvalue weighted by atomic mass is 19.1. The predicted octanol–water partition coefficient (Wildman–Crippen LogP) is 3.53. The lowest BCUT2D eigenvalue weighted by molar-refractivity contribution is 0.379. The molecule has 0 spiro atoms. The van der Waals surface area contributed by atoms with Crippen molar-refractivity contribution >= 4 is 0 Å². The topological polar surface area (TPSA) is 12.0 Å². The lowest BCUT2D eigenvalue weighted by Crippen LogP contribution is -2.39. The van der Waals surface area contributed by atoms with Gasteiger partial charge in [0.1, 0.15) is 5.82 Å². The molecule has 3 atom stereocenters. The van der Waals surface area contributed by atoms with Crippen LogP contribution in [0.25, 0.3) is 0 Å². The van der Waals surface area contributed by atoms with E-state index in [1.54, 1.807) is 12.1 Å². The van der Waals surface area contributed by atoms with Crippen LogP contribution in [0.3, 0.4) is 0 Å². The number of hydrogen-bond donors (Lipinski definition) is 1. The third-order valence-electron chi connectivity index (χ3n) is 3.84. The number of halogens is 1. The first-order valence-electron chi connectivity index (χ1n) is 6.66. The summed E-state index contributed by atoms with van der Waals surface area (Å²) in [5.74, 6) is 0.679. The van der Waals surface area contributed by atoms with E-state index in [0.29, 0.717) is 12.1 Å². The van der Waals surface area contributed by atoms with Gasteiger partial charge < -0.3 is 5.32 Å². The van der Waals surface area contributed by atoms with E-state index in [0.717, 1.165) is 17.9 Å². The summed E-state index contributed by atoms with van der Waals surface area (Å²) < 4.78 is 13.5. The first-order chi connectivity index (χ1) is 8.16. The first-order valence-corrected chi connectivity index (χ1v) is 6.66. The predicted molar refractivity (Wildman–Crippen MR) is 69.5 cm³/mol. The Balaban J connectivity index is 1.89. The van der Waals surface area contributed by atoms with Gasteiger partial charge in [-0.2, -0.15) is 0 Å². The molecule has 2 heteroatoms. The van der Waals surface area contributed by atoms with E-state index in [1.165, 1.54) is 19.3 Å². The van der Waals surface area contributed by atoms with Crippen molar-refractivity contribution in [3.8, 4) is 0 Å². The molecule has 3 unspecified atom stereocenters. The molecule has 1 aliphatic carbocycles. The van der Waals surface area contributed by atoms with Crippen LogP contribution in [0.1, 0.15) is 38.7 Å². The maximum absolute atomic E-state index is 13.5. The third kappa shape index (κ3) is 3.29. The molecule has 1 aliphatic rings. The van der Waals surface area contributed by atoms with E-state index in [1.807, 2.05) is 12.1 Å². The Morgan fingerprint density at radius 3 is 2.76 bits per heavy atom. The van der Waals surface area contributed by atoms with Crippen LogP contribution < -0.4 is 5.32 Å². The summed E-state index contributed by atoms with van der Waals surface area (Å²) in [6.07, 6.45) is 4.69. The lowest BCUT2D eigenvalue weighted by atomic mass is 10.0. The van der Waals surface area contributed by atoms with Gasteiger partial charge >= 0.3 is 0 Å². The van der Waals surface area contributed by atoms with Gasteiger partial charge in [0.05, 0.1) is 0 Å². The fourth-order valence-electron chi connectivity index (χ4n) is 2.81. The molecule has 1 saturated carbocycles. The second-order valence-corrected chi connectivity index (χ2v) is 5.38. The number of rotatable bonds is 4. The average molecular weight is 235 g/mol. The molecule has 1 N–H and O–H groups in total. The molecule has 0 aromatic heterocycles. The van der Waals surface area contributed by atoms with Crippen molar-refractivity contribution in [3.05, 3.63) is 35.6 Å². The van der Waals surface area contributed by atoms with Gasteiger partial charge in [-0.15, -0.1) is 0 Å². The van der Waals surface area contributed by atoms with Gasteiger partial charge in [-0.1, -0.05) is 31.5 Å². The molecule has 94 valence electrons. The van der Waals surface area contributed by atoms with E-state index in [9.17, 15) is 4.39 Å². The molecule has 1 aromatic carbocycles. The summed E-state index contributed by atoms with van der Waals surface area (Å²) in [5.41, 5.74) is 0.818. The van der Waals surface area contributed by atoms with Crippen molar-refractivity contribution in [1.29, 1.82) is 0 Å². The highest BCUT2D eigenvalue weighted by Crippen LogP contribution is 2.25. The minimum absolute atomic E-state index is 0.0828. The Kier molecular flexibility index (Phi) is 4.16. The SMILES string of the molecule is CC(Cc1ccccc1F)NC1CCCC1C. The van der Waals surface area contributed by atoms with Crippen molar-refractivity contribution in [2.24, 2.45) is 5.92 Å². The Hall–Kier alpha value is -0.890. The summed E-state index contributed by atoms with van der Waals surface area (Å²) in [6.45, 7) is 4.46. The minimum atomic E-state index is -0.0828. The quantitative estimate of drug-likeness (QED) is 0.841. The summed E-state index contributed by atoms with van der Waals surface area (Å²) in [6, 6.07) is 8.04. The minimum Gasteiger partial charge on any atom is -0.311 e. The van der Waals surface area contributed by atoms with Crippen LogP contribution in [0.15, 0.2) is 24.3 Å². The molecule has 0 saturated heterocycles. The van der Waals surface area contributed by atoms with Gasteiger partial charge in [-0.3, -0.25) is 0 Å². The van der Waals surface area contributed by atoms with E-state index in [-0.39, 0.29) is 5.82 Å². The highest BCUT2D eigenvalue weighted by Gasteiger charge is 2.24. The summed E-state index contributed by atoms with van der Waals surface area (Å²) in [7, 11) is 0. The standard InChI is InChI=1S/C15H22FN/c1-11-6-5-9-15(11)17-12(2)10-13-7-3-4-8-14(13)16/h3-4,7-8,11-12,15,17H,5-6,9-10H2,1-2H3. The molecule has 17 heavy (non-hydrogen) atoms.